The van der Waals surface area contributed by atoms with Crippen LogP contribution in [0.2, 0.25) is 0 Å². The summed E-state index contributed by atoms with van der Waals surface area (Å²) in [5, 5.41) is 8.77. The maximum absolute atomic E-state index is 12.2. The van der Waals surface area contributed by atoms with Gasteiger partial charge < -0.3 is 10.8 Å². The molecule has 2 nitrogen and oxygen atoms in total. The van der Waals surface area contributed by atoms with Crippen molar-refractivity contribution in [3.05, 3.63) is 0 Å². The highest BCUT2D eigenvalue weighted by molar-refractivity contribution is 4.86. The molecular formula is C5H10FNO. The van der Waals surface area contributed by atoms with Crippen LogP contribution in [0.4, 0.5) is 4.39 Å². The fourth-order valence-electron chi connectivity index (χ4n) is 0.961. The van der Waals surface area contributed by atoms with Gasteiger partial charge >= 0.3 is 0 Å². The topological polar surface area (TPSA) is 46.2 Å². The van der Waals surface area contributed by atoms with E-state index in [1.807, 2.05) is 0 Å². The van der Waals surface area contributed by atoms with Gasteiger partial charge in [-0.05, 0) is 12.8 Å². The van der Waals surface area contributed by atoms with Gasteiger partial charge in [-0.1, -0.05) is 0 Å². The van der Waals surface area contributed by atoms with Crippen molar-refractivity contribution in [1.29, 1.82) is 0 Å². The average molecular weight is 119 g/mol. The van der Waals surface area contributed by atoms with Gasteiger partial charge in [0, 0.05) is 6.04 Å². The van der Waals surface area contributed by atoms with Crippen LogP contribution in [-0.2, 0) is 0 Å². The Morgan fingerprint density at radius 1 is 1.50 bits per heavy atom. The number of halogens is 1. The summed E-state index contributed by atoms with van der Waals surface area (Å²) in [6, 6.07) is -0.329. The third-order valence-electron chi connectivity index (χ3n) is 1.59. The standard InChI is InChI=1S/C5H10FNO/c6-3-1-2-4(7)5(3)8/h3-5,8H,1-2,7H2/t3-,4?,5-/m1/s1. The van der Waals surface area contributed by atoms with Gasteiger partial charge in [0.1, 0.15) is 12.3 Å². The fourth-order valence-corrected chi connectivity index (χ4v) is 0.961. The molecule has 1 saturated carbocycles. The van der Waals surface area contributed by atoms with Crippen LogP contribution < -0.4 is 5.73 Å². The monoisotopic (exact) mass is 119 g/mol. The molecule has 0 heterocycles. The van der Waals surface area contributed by atoms with Crippen LogP contribution in [0.1, 0.15) is 12.8 Å². The molecule has 8 heavy (non-hydrogen) atoms. The molecule has 0 aromatic rings. The molecule has 1 fully saturated rings. The van der Waals surface area contributed by atoms with Crippen molar-refractivity contribution in [2.75, 3.05) is 0 Å². The first-order valence-corrected chi connectivity index (χ1v) is 2.79. The van der Waals surface area contributed by atoms with E-state index in [-0.39, 0.29) is 6.04 Å². The van der Waals surface area contributed by atoms with Gasteiger partial charge in [-0.15, -0.1) is 0 Å². The van der Waals surface area contributed by atoms with E-state index in [1.165, 1.54) is 0 Å². The van der Waals surface area contributed by atoms with E-state index in [1.54, 1.807) is 0 Å². The highest BCUT2D eigenvalue weighted by Gasteiger charge is 2.31. The molecule has 1 rings (SSSR count). The number of aliphatic hydroxyl groups excluding tert-OH is 1. The van der Waals surface area contributed by atoms with E-state index in [0.29, 0.717) is 12.8 Å². The third-order valence-corrected chi connectivity index (χ3v) is 1.59. The summed E-state index contributed by atoms with van der Waals surface area (Å²) in [6.45, 7) is 0. The Hall–Kier alpha value is -0.150. The van der Waals surface area contributed by atoms with Gasteiger partial charge in [-0.3, -0.25) is 0 Å². The first-order valence-electron chi connectivity index (χ1n) is 2.79. The smallest absolute Gasteiger partial charge is 0.127 e. The molecule has 0 spiro atoms. The molecule has 3 atom stereocenters. The minimum atomic E-state index is -1.08. The summed E-state index contributed by atoms with van der Waals surface area (Å²) < 4.78 is 12.2. The third kappa shape index (κ3) is 0.833. The quantitative estimate of drug-likeness (QED) is 0.464. The highest BCUT2D eigenvalue weighted by atomic mass is 19.1. The molecule has 0 aromatic heterocycles. The Morgan fingerprint density at radius 3 is 2.25 bits per heavy atom. The number of aliphatic hydroxyl groups is 1. The van der Waals surface area contributed by atoms with Crippen LogP contribution in [0.3, 0.4) is 0 Å². The molecule has 0 saturated heterocycles. The van der Waals surface area contributed by atoms with Crippen LogP contribution in [0.5, 0.6) is 0 Å². The second-order valence-corrected chi connectivity index (χ2v) is 2.25. The summed E-state index contributed by atoms with van der Waals surface area (Å²) in [6.07, 6.45) is -0.954. The normalized spacial score (nSPS) is 47.6. The summed E-state index contributed by atoms with van der Waals surface area (Å²) in [5.41, 5.74) is 5.28. The Kier molecular flexibility index (Phi) is 1.49. The number of hydrogen-bond donors (Lipinski definition) is 2. The van der Waals surface area contributed by atoms with Crippen LogP contribution in [-0.4, -0.2) is 23.4 Å². The van der Waals surface area contributed by atoms with E-state index in [9.17, 15) is 4.39 Å². The minimum absolute atomic E-state index is 0.329. The van der Waals surface area contributed by atoms with Crippen molar-refractivity contribution in [2.45, 2.75) is 31.2 Å². The molecular weight excluding hydrogens is 109 g/mol. The van der Waals surface area contributed by atoms with Crippen molar-refractivity contribution in [3.63, 3.8) is 0 Å². The van der Waals surface area contributed by atoms with Crippen molar-refractivity contribution >= 4 is 0 Å². The minimum Gasteiger partial charge on any atom is -0.388 e. The summed E-state index contributed by atoms with van der Waals surface area (Å²) in [7, 11) is 0. The number of hydrogen-bond acceptors (Lipinski definition) is 2. The number of nitrogens with two attached hydrogens (primary N) is 1. The zero-order chi connectivity index (χ0) is 6.15. The lowest BCUT2D eigenvalue weighted by molar-refractivity contribution is 0.0917. The van der Waals surface area contributed by atoms with Crippen molar-refractivity contribution in [3.8, 4) is 0 Å². The molecule has 1 aliphatic rings. The van der Waals surface area contributed by atoms with Gasteiger partial charge in [-0.25, -0.2) is 4.39 Å². The molecule has 0 aliphatic heterocycles. The molecule has 0 aromatic carbocycles. The number of alkyl halides is 1. The van der Waals surface area contributed by atoms with Crippen LogP contribution >= 0.6 is 0 Å². The molecule has 0 bridgehead atoms. The largest absolute Gasteiger partial charge is 0.388 e. The van der Waals surface area contributed by atoms with Gasteiger partial charge in [0.05, 0.1) is 0 Å². The van der Waals surface area contributed by atoms with Gasteiger partial charge in [0.2, 0.25) is 0 Å². The van der Waals surface area contributed by atoms with Crippen molar-refractivity contribution in [2.24, 2.45) is 5.73 Å². The Bertz CT molecular complexity index is 78.5. The van der Waals surface area contributed by atoms with E-state index >= 15 is 0 Å². The molecule has 3 N–H and O–H groups in total. The molecule has 3 heteroatoms. The Labute approximate surface area is 47.5 Å². The average Bonchev–Trinajstić information content (AvgIpc) is 1.98. The van der Waals surface area contributed by atoms with E-state index in [4.69, 9.17) is 10.8 Å². The van der Waals surface area contributed by atoms with Gasteiger partial charge in [0.25, 0.3) is 0 Å². The lowest BCUT2D eigenvalue weighted by Gasteiger charge is -2.07. The van der Waals surface area contributed by atoms with Gasteiger partial charge in [0.15, 0.2) is 0 Å². The SMILES string of the molecule is NC1CC[C@@H](F)[C@H]1O. The predicted octanol–water partition coefficient (Wildman–Crippen LogP) is -0.193. The lowest BCUT2D eigenvalue weighted by atomic mass is 10.2. The molecule has 0 radical (unpaired) electrons. The molecule has 0 amide bonds. The van der Waals surface area contributed by atoms with E-state index in [0.717, 1.165) is 0 Å². The summed E-state index contributed by atoms with van der Waals surface area (Å²) in [4.78, 5) is 0. The maximum Gasteiger partial charge on any atom is 0.127 e. The zero-order valence-corrected chi connectivity index (χ0v) is 4.55. The van der Waals surface area contributed by atoms with E-state index < -0.39 is 12.3 Å². The first kappa shape index (κ1) is 5.98. The van der Waals surface area contributed by atoms with Crippen LogP contribution in [0.15, 0.2) is 0 Å². The Balaban J connectivity index is 2.44. The van der Waals surface area contributed by atoms with Crippen molar-refractivity contribution < 1.29 is 9.50 Å². The fraction of sp³-hybridized carbons (Fsp3) is 1.00. The first-order chi connectivity index (χ1) is 3.72. The summed E-state index contributed by atoms with van der Waals surface area (Å²) >= 11 is 0. The molecule has 48 valence electrons. The second kappa shape index (κ2) is 1.99. The highest BCUT2D eigenvalue weighted by Crippen LogP contribution is 2.20. The predicted molar refractivity (Wildman–Crippen MR) is 28.1 cm³/mol. The van der Waals surface area contributed by atoms with Crippen LogP contribution in [0.25, 0.3) is 0 Å². The van der Waals surface area contributed by atoms with Gasteiger partial charge in [-0.2, -0.15) is 0 Å². The van der Waals surface area contributed by atoms with Crippen molar-refractivity contribution in [1.82, 2.24) is 0 Å². The molecule has 1 aliphatic carbocycles. The second-order valence-electron chi connectivity index (χ2n) is 2.25. The van der Waals surface area contributed by atoms with Crippen LogP contribution in [0, 0.1) is 0 Å². The number of rotatable bonds is 0. The Morgan fingerprint density at radius 2 is 2.12 bits per heavy atom. The lowest BCUT2D eigenvalue weighted by Crippen LogP contribution is -2.33. The van der Waals surface area contributed by atoms with E-state index in [2.05, 4.69) is 0 Å². The molecule has 1 unspecified atom stereocenters. The zero-order valence-electron chi connectivity index (χ0n) is 4.55. The summed E-state index contributed by atoms with van der Waals surface area (Å²) in [5.74, 6) is 0. The maximum atomic E-state index is 12.2.